The van der Waals surface area contributed by atoms with Crippen LogP contribution in [0, 0.1) is 18.6 Å². The van der Waals surface area contributed by atoms with Crippen molar-refractivity contribution in [2.24, 2.45) is 0 Å². The summed E-state index contributed by atoms with van der Waals surface area (Å²) in [6.45, 7) is 3.67. The maximum Gasteiger partial charge on any atom is 0.334 e. The van der Waals surface area contributed by atoms with Gasteiger partial charge in [-0.1, -0.05) is 0 Å². The molecule has 0 spiro atoms. The average molecular weight is 208 g/mol. The van der Waals surface area contributed by atoms with Gasteiger partial charge in [-0.05, 0) is 32.1 Å². The minimum absolute atomic E-state index is 0.160. The monoisotopic (exact) mass is 208 g/mol. The van der Waals surface area contributed by atoms with Crippen molar-refractivity contribution in [3.63, 3.8) is 0 Å². The Morgan fingerprint density at radius 1 is 1.43 bits per heavy atom. The molecule has 2 rings (SSSR count). The van der Waals surface area contributed by atoms with Gasteiger partial charge in [0.25, 0.3) is 0 Å². The summed E-state index contributed by atoms with van der Waals surface area (Å²) >= 11 is 4.79. The van der Waals surface area contributed by atoms with Crippen LogP contribution in [-0.2, 0) is 0 Å². The number of rotatable bonds is 0. The lowest BCUT2D eigenvalue weighted by atomic mass is 10.3. The Kier molecular flexibility index (Phi) is 1.92. The van der Waals surface area contributed by atoms with Crippen LogP contribution >= 0.6 is 12.2 Å². The molecule has 0 saturated carbocycles. The van der Waals surface area contributed by atoms with E-state index in [4.69, 9.17) is 12.2 Å². The number of aryl methyl sites for hydroxylation is 2. The molecule has 72 valence electrons. The molecular formula is C8H8N4OS. The van der Waals surface area contributed by atoms with E-state index >= 15 is 0 Å². The zero-order chi connectivity index (χ0) is 10.3. The second-order valence-corrected chi connectivity index (χ2v) is 3.41. The fourth-order valence-electron chi connectivity index (χ4n) is 1.36. The van der Waals surface area contributed by atoms with Gasteiger partial charge in [-0.25, -0.2) is 14.2 Å². The summed E-state index contributed by atoms with van der Waals surface area (Å²) in [5.74, 6) is 0.344. The van der Waals surface area contributed by atoms with Crippen LogP contribution in [0.5, 0.6) is 0 Å². The number of nitrogens with zero attached hydrogens (tertiary/aromatic N) is 3. The molecule has 0 saturated heterocycles. The highest BCUT2D eigenvalue weighted by atomic mass is 32.1. The molecule has 14 heavy (non-hydrogen) atoms. The first kappa shape index (κ1) is 9.01. The van der Waals surface area contributed by atoms with Gasteiger partial charge in [-0.15, -0.1) is 0 Å². The number of nitrogens with one attached hydrogen (secondary N) is 1. The Balaban J connectivity index is 3.10. The molecule has 0 unspecified atom stereocenters. The van der Waals surface area contributed by atoms with Crippen LogP contribution in [0.4, 0.5) is 0 Å². The lowest BCUT2D eigenvalue weighted by molar-refractivity contribution is 0.862. The lowest BCUT2D eigenvalue weighted by Gasteiger charge is -2.03. The second kappa shape index (κ2) is 2.98. The van der Waals surface area contributed by atoms with Gasteiger partial charge in [0.15, 0.2) is 0 Å². The molecule has 2 aromatic heterocycles. The van der Waals surface area contributed by atoms with Crippen molar-refractivity contribution in [1.29, 1.82) is 0 Å². The van der Waals surface area contributed by atoms with E-state index in [0.29, 0.717) is 5.78 Å². The maximum absolute atomic E-state index is 11.5. The topological polar surface area (TPSA) is 63.0 Å². The van der Waals surface area contributed by atoms with Gasteiger partial charge in [-0.3, -0.25) is 4.98 Å². The molecule has 0 aliphatic heterocycles. The quantitative estimate of drug-likeness (QED) is 0.649. The highest BCUT2D eigenvalue weighted by Gasteiger charge is 2.02. The molecule has 2 aromatic rings. The summed E-state index contributed by atoms with van der Waals surface area (Å²) in [5.41, 5.74) is 1.30. The zero-order valence-corrected chi connectivity index (χ0v) is 8.55. The van der Waals surface area contributed by atoms with Crippen molar-refractivity contribution in [1.82, 2.24) is 19.4 Å². The van der Waals surface area contributed by atoms with E-state index in [1.807, 2.05) is 19.9 Å². The van der Waals surface area contributed by atoms with Crippen LogP contribution in [0.2, 0.25) is 0 Å². The van der Waals surface area contributed by atoms with Crippen LogP contribution in [0.3, 0.4) is 0 Å². The molecule has 0 aromatic carbocycles. The van der Waals surface area contributed by atoms with E-state index in [-0.39, 0.29) is 10.5 Å². The van der Waals surface area contributed by atoms with Crippen molar-refractivity contribution in [2.75, 3.05) is 0 Å². The summed E-state index contributed by atoms with van der Waals surface area (Å²) < 4.78 is 1.55. The molecule has 1 N–H and O–H groups in total. The summed E-state index contributed by atoms with van der Waals surface area (Å²) in [5, 5.41) is 0. The summed E-state index contributed by atoms with van der Waals surface area (Å²) in [4.78, 5) is 22.0. The van der Waals surface area contributed by atoms with E-state index in [1.165, 1.54) is 4.40 Å². The minimum atomic E-state index is -0.301. The van der Waals surface area contributed by atoms with Gasteiger partial charge in [0.2, 0.25) is 10.5 Å². The molecule has 0 aliphatic carbocycles. The number of aromatic nitrogens is 4. The molecule has 0 atom stereocenters. The Labute approximate surface area is 84.5 Å². The number of hydrogen-bond donors (Lipinski definition) is 1. The third kappa shape index (κ3) is 1.33. The largest absolute Gasteiger partial charge is 0.334 e. The van der Waals surface area contributed by atoms with Gasteiger partial charge >= 0.3 is 5.69 Å². The van der Waals surface area contributed by atoms with Crippen molar-refractivity contribution in [3.8, 4) is 0 Å². The van der Waals surface area contributed by atoms with Crippen LogP contribution in [0.25, 0.3) is 5.78 Å². The van der Waals surface area contributed by atoms with Crippen LogP contribution in [0.1, 0.15) is 11.4 Å². The van der Waals surface area contributed by atoms with Gasteiger partial charge in [0, 0.05) is 11.4 Å². The van der Waals surface area contributed by atoms with Crippen LogP contribution in [-0.4, -0.2) is 19.4 Å². The number of fused-ring (bicyclic) bond motifs is 1. The average Bonchev–Trinajstić information content (AvgIpc) is 1.99. The molecule has 0 bridgehead atoms. The number of hydrogen-bond acceptors (Lipinski definition) is 4. The fraction of sp³-hybridized carbons (Fsp3) is 0.250. The lowest BCUT2D eigenvalue weighted by Crippen LogP contribution is -2.21. The Morgan fingerprint density at radius 2 is 2.14 bits per heavy atom. The van der Waals surface area contributed by atoms with Crippen molar-refractivity contribution < 1.29 is 0 Å². The zero-order valence-electron chi connectivity index (χ0n) is 7.74. The van der Waals surface area contributed by atoms with Crippen molar-refractivity contribution >= 4 is 18.0 Å². The van der Waals surface area contributed by atoms with Crippen LogP contribution in [0.15, 0.2) is 10.9 Å². The van der Waals surface area contributed by atoms with Gasteiger partial charge in [-0.2, -0.15) is 4.98 Å². The predicted molar refractivity (Wildman–Crippen MR) is 53.9 cm³/mol. The molecule has 5 nitrogen and oxygen atoms in total. The van der Waals surface area contributed by atoms with Gasteiger partial charge in [0.1, 0.15) is 0 Å². The fourth-order valence-corrected chi connectivity index (χ4v) is 1.53. The molecule has 2 heterocycles. The first-order chi connectivity index (χ1) is 6.58. The van der Waals surface area contributed by atoms with Crippen molar-refractivity contribution in [2.45, 2.75) is 13.8 Å². The predicted octanol–water partition coefficient (Wildman–Crippen LogP) is 0.764. The highest BCUT2D eigenvalue weighted by molar-refractivity contribution is 7.71. The van der Waals surface area contributed by atoms with E-state index < -0.39 is 0 Å². The second-order valence-electron chi connectivity index (χ2n) is 3.02. The minimum Gasteiger partial charge on any atom is -0.282 e. The maximum atomic E-state index is 11.5. The molecule has 0 fully saturated rings. The number of H-pyrrole nitrogens is 1. The normalized spacial score (nSPS) is 10.7. The molecule has 0 aliphatic rings. The summed E-state index contributed by atoms with van der Waals surface area (Å²) in [6.07, 6.45) is 0. The molecular weight excluding hydrogens is 200 g/mol. The van der Waals surface area contributed by atoms with E-state index in [0.717, 1.165) is 11.4 Å². The van der Waals surface area contributed by atoms with Crippen molar-refractivity contribution in [3.05, 3.63) is 32.7 Å². The van der Waals surface area contributed by atoms with E-state index in [1.54, 1.807) is 0 Å². The first-order valence-corrected chi connectivity index (χ1v) is 4.46. The Bertz CT molecular complexity index is 613. The third-order valence-corrected chi connectivity index (χ3v) is 2.06. The van der Waals surface area contributed by atoms with Gasteiger partial charge in [0.05, 0.1) is 0 Å². The first-order valence-electron chi connectivity index (χ1n) is 4.05. The summed E-state index contributed by atoms with van der Waals surface area (Å²) in [7, 11) is 0. The smallest absolute Gasteiger partial charge is 0.282 e. The molecule has 0 amide bonds. The number of aromatic amines is 1. The highest BCUT2D eigenvalue weighted by Crippen LogP contribution is 2.00. The SMILES string of the molecule is Cc1cc(C)n2c(=O)[nH]c(=S)nc2n1. The summed E-state index contributed by atoms with van der Waals surface area (Å²) in [6, 6.07) is 1.81. The van der Waals surface area contributed by atoms with E-state index in [9.17, 15) is 4.79 Å². The molecule has 6 heteroatoms. The Hall–Kier alpha value is -1.56. The van der Waals surface area contributed by atoms with Crippen LogP contribution < -0.4 is 5.69 Å². The Morgan fingerprint density at radius 3 is 2.86 bits per heavy atom. The van der Waals surface area contributed by atoms with Gasteiger partial charge < -0.3 is 0 Å². The van der Waals surface area contributed by atoms with E-state index in [2.05, 4.69) is 15.0 Å². The molecule has 0 radical (unpaired) electrons. The third-order valence-electron chi connectivity index (χ3n) is 1.87. The standard InChI is InChI=1S/C8H8N4OS/c1-4-3-5(2)12-6(9-4)10-7(14)11-8(12)13/h3H,1-2H3,(H,11,13,14).